The summed E-state index contributed by atoms with van der Waals surface area (Å²) < 4.78 is 10.9. The molecule has 1 heterocycles. The Labute approximate surface area is 119 Å². The third-order valence-electron chi connectivity index (χ3n) is 3.02. The summed E-state index contributed by atoms with van der Waals surface area (Å²) in [5.41, 5.74) is 3.17. The van der Waals surface area contributed by atoms with Crippen molar-refractivity contribution in [2.45, 2.75) is 20.4 Å². The summed E-state index contributed by atoms with van der Waals surface area (Å²) in [5, 5.41) is 3.37. The van der Waals surface area contributed by atoms with Gasteiger partial charge in [0.25, 0.3) is 0 Å². The summed E-state index contributed by atoms with van der Waals surface area (Å²) in [6, 6.07) is 9.91. The van der Waals surface area contributed by atoms with E-state index in [2.05, 4.69) is 10.3 Å². The van der Waals surface area contributed by atoms with Crippen LogP contribution in [0, 0.1) is 6.92 Å². The fraction of sp³-hybridized carbons (Fsp3) is 0.312. The molecule has 106 valence electrons. The summed E-state index contributed by atoms with van der Waals surface area (Å²) in [6.07, 6.45) is 1.79. The predicted octanol–water partition coefficient (Wildman–Crippen LogP) is 3.41. The number of ether oxygens (including phenoxy) is 2. The average Bonchev–Trinajstić information content (AvgIpc) is 2.48. The lowest BCUT2D eigenvalue weighted by atomic mass is 10.2. The number of hydrogen-bond acceptors (Lipinski definition) is 4. The molecule has 1 aromatic heterocycles. The number of benzene rings is 1. The molecule has 0 aliphatic carbocycles. The molecule has 2 rings (SSSR count). The number of anilines is 1. The number of pyridine rings is 1. The molecule has 0 aliphatic heterocycles. The molecular weight excluding hydrogens is 252 g/mol. The van der Waals surface area contributed by atoms with Crippen LogP contribution in [0.4, 0.5) is 5.69 Å². The van der Waals surface area contributed by atoms with Gasteiger partial charge < -0.3 is 14.8 Å². The molecule has 1 aromatic carbocycles. The molecular formula is C16H20N2O2. The Morgan fingerprint density at radius 1 is 1.20 bits per heavy atom. The van der Waals surface area contributed by atoms with E-state index >= 15 is 0 Å². The second kappa shape index (κ2) is 6.80. The first-order valence-corrected chi connectivity index (χ1v) is 6.69. The minimum absolute atomic E-state index is 0.628. The van der Waals surface area contributed by atoms with Crippen molar-refractivity contribution >= 4 is 5.69 Å². The molecule has 0 saturated carbocycles. The number of hydrogen-bond donors (Lipinski definition) is 1. The molecule has 4 heteroatoms. The number of methoxy groups -OCH3 is 1. The van der Waals surface area contributed by atoms with Crippen molar-refractivity contribution in [3.63, 3.8) is 0 Å². The van der Waals surface area contributed by atoms with E-state index in [1.54, 1.807) is 13.3 Å². The van der Waals surface area contributed by atoms with Crippen LogP contribution >= 0.6 is 0 Å². The number of nitrogens with zero attached hydrogens (tertiary/aromatic N) is 1. The monoisotopic (exact) mass is 272 g/mol. The van der Waals surface area contributed by atoms with Gasteiger partial charge in [-0.15, -0.1) is 0 Å². The molecule has 2 aromatic rings. The van der Waals surface area contributed by atoms with Crippen LogP contribution in [0.5, 0.6) is 11.5 Å². The standard InChI is InChI=1S/C16H20N2O2/c1-4-20-15-8-7-13(10-16(15)19-3)11-18-14-6-5-9-17-12(14)2/h5-10,18H,4,11H2,1-3H3. The van der Waals surface area contributed by atoms with Crippen LogP contribution in [0.25, 0.3) is 0 Å². The van der Waals surface area contributed by atoms with Crippen LogP contribution in [0.3, 0.4) is 0 Å². The maximum Gasteiger partial charge on any atom is 0.161 e. The number of aromatic nitrogens is 1. The SMILES string of the molecule is CCOc1ccc(CNc2cccnc2C)cc1OC. The van der Waals surface area contributed by atoms with Crippen molar-refractivity contribution in [3.8, 4) is 11.5 Å². The molecule has 0 fully saturated rings. The lowest BCUT2D eigenvalue weighted by Crippen LogP contribution is -2.03. The van der Waals surface area contributed by atoms with Gasteiger partial charge in [-0.2, -0.15) is 0 Å². The van der Waals surface area contributed by atoms with Crippen molar-refractivity contribution in [1.29, 1.82) is 0 Å². The highest BCUT2D eigenvalue weighted by molar-refractivity contribution is 5.48. The maximum atomic E-state index is 5.51. The Kier molecular flexibility index (Phi) is 4.82. The van der Waals surface area contributed by atoms with Crippen LogP contribution < -0.4 is 14.8 Å². The van der Waals surface area contributed by atoms with Crippen LogP contribution in [-0.2, 0) is 6.54 Å². The molecule has 0 spiro atoms. The predicted molar refractivity (Wildman–Crippen MR) is 80.5 cm³/mol. The van der Waals surface area contributed by atoms with E-state index in [-0.39, 0.29) is 0 Å². The molecule has 20 heavy (non-hydrogen) atoms. The summed E-state index contributed by atoms with van der Waals surface area (Å²) in [5.74, 6) is 1.53. The van der Waals surface area contributed by atoms with E-state index in [4.69, 9.17) is 9.47 Å². The summed E-state index contributed by atoms with van der Waals surface area (Å²) in [6.45, 7) is 5.29. The second-order valence-corrected chi connectivity index (χ2v) is 4.41. The average molecular weight is 272 g/mol. The highest BCUT2D eigenvalue weighted by Gasteiger charge is 2.05. The van der Waals surface area contributed by atoms with Gasteiger partial charge in [0.05, 0.1) is 25.1 Å². The van der Waals surface area contributed by atoms with E-state index in [0.717, 1.165) is 35.0 Å². The van der Waals surface area contributed by atoms with Crippen molar-refractivity contribution in [3.05, 3.63) is 47.8 Å². The zero-order valence-corrected chi connectivity index (χ0v) is 12.1. The first kappa shape index (κ1) is 14.2. The number of aryl methyl sites for hydroxylation is 1. The fourth-order valence-corrected chi connectivity index (χ4v) is 1.97. The van der Waals surface area contributed by atoms with Crippen LogP contribution in [0.15, 0.2) is 36.5 Å². The highest BCUT2D eigenvalue weighted by Crippen LogP contribution is 2.28. The lowest BCUT2D eigenvalue weighted by Gasteiger charge is -2.12. The molecule has 0 saturated heterocycles. The first-order valence-electron chi connectivity index (χ1n) is 6.69. The Bertz CT molecular complexity index is 570. The Hall–Kier alpha value is -2.23. The molecule has 0 bridgehead atoms. The normalized spacial score (nSPS) is 10.2. The van der Waals surface area contributed by atoms with E-state index < -0.39 is 0 Å². The van der Waals surface area contributed by atoms with Gasteiger partial charge in [0.15, 0.2) is 11.5 Å². The molecule has 0 amide bonds. The van der Waals surface area contributed by atoms with E-state index in [1.807, 2.05) is 44.2 Å². The van der Waals surface area contributed by atoms with E-state index in [1.165, 1.54) is 0 Å². The molecule has 1 N–H and O–H groups in total. The molecule has 0 unspecified atom stereocenters. The van der Waals surface area contributed by atoms with Gasteiger partial charge in [0.2, 0.25) is 0 Å². The third kappa shape index (κ3) is 3.41. The number of nitrogens with one attached hydrogen (secondary N) is 1. The Morgan fingerprint density at radius 3 is 2.75 bits per heavy atom. The highest BCUT2D eigenvalue weighted by atomic mass is 16.5. The van der Waals surface area contributed by atoms with Gasteiger partial charge in [-0.25, -0.2) is 0 Å². The molecule has 4 nitrogen and oxygen atoms in total. The van der Waals surface area contributed by atoms with Crippen molar-refractivity contribution in [2.75, 3.05) is 19.0 Å². The molecule has 0 atom stereocenters. The van der Waals surface area contributed by atoms with Gasteiger partial charge in [0, 0.05) is 12.7 Å². The topological polar surface area (TPSA) is 43.4 Å². The second-order valence-electron chi connectivity index (χ2n) is 4.41. The largest absolute Gasteiger partial charge is 0.493 e. The smallest absolute Gasteiger partial charge is 0.161 e. The zero-order chi connectivity index (χ0) is 14.4. The third-order valence-corrected chi connectivity index (χ3v) is 3.02. The minimum Gasteiger partial charge on any atom is -0.493 e. The van der Waals surface area contributed by atoms with Crippen LogP contribution in [0.2, 0.25) is 0 Å². The van der Waals surface area contributed by atoms with E-state index in [0.29, 0.717) is 6.61 Å². The quantitative estimate of drug-likeness (QED) is 0.875. The van der Waals surface area contributed by atoms with Crippen LogP contribution in [0.1, 0.15) is 18.2 Å². The summed E-state index contributed by atoms with van der Waals surface area (Å²) in [4.78, 5) is 4.26. The molecule has 0 aliphatic rings. The van der Waals surface area contributed by atoms with Crippen molar-refractivity contribution in [2.24, 2.45) is 0 Å². The van der Waals surface area contributed by atoms with Gasteiger partial charge in [-0.3, -0.25) is 4.98 Å². The maximum absolute atomic E-state index is 5.51. The number of rotatable bonds is 6. The van der Waals surface area contributed by atoms with Crippen LogP contribution in [-0.4, -0.2) is 18.7 Å². The van der Waals surface area contributed by atoms with Gasteiger partial charge in [0.1, 0.15) is 0 Å². The Morgan fingerprint density at radius 2 is 2.05 bits per heavy atom. The minimum atomic E-state index is 0.628. The van der Waals surface area contributed by atoms with Crippen molar-refractivity contribution < 1.29 is 9.47 Å². The molecule has 0 radical (unpaired) electrons. The summed E-state index contributed by atoms with van der Waals surface area (Å²) in [7, 11) is 1.65. The van der Waals surface area contributed by atoms with E-state index in [9.17, 15) is 0 Å². The van der Waals surface area contributed by atoms with Gasteiger partial charge in [-0.1, -0.05) is 6.07 Å². The zero-order valence-electron chi connectivity index (χ0n) is 12.1. The lowest BCUT2D eigenvalue weighted by molar-refractivity contribution is 0.310. The summed E-state index contributed by atoms with van der Waals surface area (Å²) >= 11 is 0. The fourth-order valence-electron chi connectivity index (χ4n) is 1.97. The van der Waals surface area contributed by atoms with Gasteiger partial charge in [-0.05, 0) is 43.7 Å². The van der Waals surface area contributed by atoms with Crippen molar-refractivity contribution in [1.82, 2.24) is 4.98 Å². The first-order chi connectivity index (χ1) is 9.74. The van der Waals surface area contributed by atoms with Gasteiger partial charge >= 0.3 is 0 Å². The Balaban J connectivity index is 2.08.